The van der Waals surface area contributed by atoms with E-state index in [4.69, 9.17) is 16.3 Å². The lowest BCUT2D eigenvalue weighted by Gasteiger charge is -2.10. The largest absolute Gasteiger partial charge is 0.454 e. The highest BCUT2D eigenvalue weighted by molar-refractivity contribution is 7.12. The van der Waals surface area contributed by atoms with Gasteiger partial charge in [0.05, 0.1) is 27.5 Å². The summed E-state index contributed by atoms with van der Waals surface area (Å²) in [6.07, 6.45) is 3.07. The lowest BCUT2D eigenvalue weighted by Crippen LogP contribution is -2.14. The number of nitrogens with one attached hydrogen (secondary N) is 1. The molecule has 0 spiro atoms. The monoisotopic (exact) mass is 410 g/mol. The zero-order valence-corrected chi connectivity index (χ0v) is 16.4. The number of halogens is 1. The van der Waals surface area contributed by atoms with Crippen LogP contribution in [0.3, 0.4) is 0 Å². The van der Waals surface area contributed by atoms with Crippen LogP contribution in [-0.2, 0) is 0 Å². The quantitative estimate of drug-likeness (QED) is 0.496. The molecule has 1 N–H and O–H groups in total. The van der Waals surface area contributed by atoms with Crippen LogP contribution >= 0.6 is 22.9 Å². The molecule has 0 saturated heterocycles. The van der Waals surface area contributed by atoms with Gasteiger partial charge in [-0.1, -0.05) is 30.3 Å². The number of para-hydroxylation sites is 1. The summed E-state index contributed by atoms with van der Waals surface area (Å²) in [6.45, 7) is 5.36. The molecule has 3 aromatic heterocycles. The van der Waals surface area contributed by atoms with E-state index in [1.54, 1.807) is 29.1 Å². The molecule has 140 valence electrons. The summed E-state index contributed by atoms with van der Waals surface area (Å²) in [5, 5.41) is 10.2. The summed E-state index contributed by atoms with van der Waals surface area (Å²) in [6, 6.07) is 10.9. The van der Waals surface area contributed by atoms with Crippen molar-refractivity contribution in [3.8, 4) is 17.2 Å². The predicted molar refractivity (Wildman–Crippen MR) is 111 cm³/mol. The highest BCUT2D eigenvalue weighted by Crippen LogP contribution is 2.32. The van der Waals surface area contributed by atoms with Gasteiger partial charge in [0.2, 0.25) is 0 Å². The number of pyridine rings is 1. The number of fused-ring (bicyclic) bond motifs is 1. The van der Waals surface area contributed by atoms with Crippen LogP contribution in [0.15, 0.2) is 60.8 Å². The van der Waals surface area contributed by atoms with Gasteiger partial charge in [-0.2, -0.15) is 5.10 Å². The molecule has 28 heavy (non-hydrogen) atoms. The van der Waals surface area contributed by atoms with Gasteiger partial charge in [0.25, 0.3) is 5.91 Å². The first-order valence-corrected chi connectivity index (χ1v) is 9.61. The first-order valence-electron chi connectivity index (χ1n) is 8.35. The summed E-state index contributed by atoms with van der Waals surface area (Å²) < 4.78 is 7.63. The van der Waals surface area contributed by atoms with Gasteiger partial charge in [-0.15, -0.1) is 11.3 Å². The second-order valence-electron chi connectivity index (χ2n) is 5.92. The number of carbonyl (C=O) groups excluding carboxylic acids is 1. The third-order valence-corrected chi connectivity index (χ3v) is 5.26. The molecule has 0 fully saturated rings. The Hall–Kier alpha value is -3.16. The smallest absolute Gasteiger partial charge is 0.265 e. The van der Waals surface area contributed by atoms with Gasteiger partial charge in [0.15, 0.2) is 5.65 Å². The highest BCUT2D eigenvalue weighted by Gasteiger charge is 2.15. The van der Waals surface area contributed by atoms with Crippen molar-refractivity contribution in [2.75, 3.05) is 0 Å². The van der Waals surface area contributed by atoms with Gasteiger partial charge in [-0.25, -0.2) is 9.67 Å². The van der Waals surface area contributed by atoms with Crippen LogP contribution in [0.25, 0.3) is 16.7 Å². The maximum atomic E-state index is 11.9. The number of amides is 1. The molecule has 6 nitrogen and oxygen atoms in total. The Balaban J connectivity index is 1.70. The fourth-order valence-corrected chi connectivity index (χ4v) is 3.63. The number of ether oxygens (including phenoxy) is 1. The average molecular weight is 411 g/mol. The first kappa shape index (κ1) is 18.2. The molecule has 0 aliphatic carbocycles. The molecular weight excluding hydrogens is 396 g/mol. The molecule has 0 unspecified atom stereocenters. The van der Waals surface area contributed by atoms with Gasteiger partial charge < -0.3 is 10.1 Å². The number of aromatic nitrogens is 3. The molecule has 1 aromatic carbocycles. The molecule has 0 radical (unpaired) electrons. The van der Waals surface area contributed by atoms with E-state index < -0.39 is 0 Å². The van der Waals surface area contributed by atoms with Gasteiger partial charge in [0, 0.05) is 10.8 Å². The summed E-state index contributed by atoms with van der Waals surface area (Å²) in [7, 11) is 0. The molecular formula is C20H15ClN4O2S. The molecule has 0 atom stereocenters. The minimum absolute atomic E-state index is 0.206. The summed E-state index contributed by atoms with van der Waals surface area (Å²) in [4.78, 5) is 17.2. The zero-order valence-electron chi connectivity index (χ0n) is 14.8. The maximum absolute atomic E-state index is 11.9. The number of thiophene rings is 1. The zero-order chi connectivity index (χ0) is 19.7. The molecule has 4 rings (SSSR count). The SMILES string of the molecule is C=CNC(=O)c1cc(-n2ncc3cc(Oc4ccccc4Cl)c(C)nc32)cs1. The number of nitrogens with zero attached hydrogens (tertiary/aromatic N) is 3. The van der Waals surface area contributed by atoms with E-state index in [1.165, 1.54) is 17.5 Å². The second kappa shape index (κ2) is 7.46. The predicted octanol–water partition coefficient (Wildman–Crippen LogP) is 5.11. The minimum Gasteiger partial charge on any atom is -0.454 e. The number of aryl methyl sites for hydroxylation is 1. The van der Waals surface area contributed by atoms with E-state index in [2.05, 4.69) is 22.0 Å². The fraction of sp³-hybridized carbons (Fsp3) is 0.0500. The van der Waals surface area contributed by atoms with Crippen LogP contribution in [-0.4, -0.2) is 20.7 Å². The summed E-state index contributed by atoms with van der Waals surface area (Å²) in [5.41, 5.74) is 2.15. The van der Waals surface area contributed by atoms with Crippen LogP contribution in [0.5, 0.6) is 11.5 Å². The Bertz CT molecular complexity index is 1200. The maximum Gasteiger partial charge on any atom is 0.265 e. The van der Waals surface area contributed by atoms with Crippen molar-refractivity contribution in [2.24, 2.45) is 0 Å². The molecule has 0 aliphatic rings. The lowest BCUT2D eigenvalue weighted by atomic mass is 10.2. The number of benzene rings is 1. The summed E-state index contributed by atoms with van der Waals surface area (Å²) >= 11 is 7.51. The number of hydrogen-bond acceptors (Lipinski definition) is 5. The van der Waals surface area contributed by atoms with Gasteiger partial charge >= 0.3 is 0 Å². The van der Waals surface area contributed by atoms with Gasteiger partial charge in [0.1, 0.15) is 11.5 Å². The van der Waals surface area contributed by atoms with E-state index in [1.807, 2.05) is 30.5 Å². The Labute approximate surface area is 170 Å². The second-order valence-corrected chi connectivity index (χ2v) is 7.24. The van der Waals surface area contributed by atoms with Crippen LogP contribution in [0.4, 0.5) is 0 Å². The van der Waals surface area contributed by atoms with Crippen molar-refractivity contribution in [1.82, 2.24) is 20.1 Å². The van der Waals surface area contributed by atoms with Crippen LogP contribution < -0.4 is 10.1 Å². The molecule has 0 saturated carbocycles. The molecule has 8 heteroatoms. The number of carbonyl (C=O) groups is 1. The van der Waals surface area contributed by atoms with Crippen molar-refractivity contribution in [3.63, 3.8) is 0 Å². The summed E-state index contributed by atoms with van der Waals surface area (Å²) in [5.74, 6) is 0.968. The van der Waals surface area contributed by atoms with Crippen LogP contribution in [0.1, 0.15) is 15.4 Å². The third kappa shape index (κ3) is 3.37. The van der Waals surface area contributed by atoms with E-state index >= 15 is 0 Å². The number of rotatable bonds is 5. The van der Waals surface area contributed by atoms with E-state index in [0.717, 1.165) is 11.1 Å². The Morgan fingerprint density at radius 1 is 1.32 bits per heavy atom. The normalized spacial score (nSPS) is 10.8. The van der Waals surface area contributed by atoms with Crippen LogP contribution in [0, 0.1) is 6.92 Å². The first-order chi connectivity index (χ1) is 13.6. The van der Waals surface area contributed by atoms with Crippen molar-refractivity contribution in [1.29, 1.82) is 0 Å². The third-order valence-electron chi connectivity index (χ3n) is 4.03. The van der Waals surface area contributed by atoms with Crippen molar-refractivity contribution < 1.29 is 9.53 Å². The lowest BCUT2D eigenvalue weighted by molar-refractivity contribution is 0.0974. The molecule has 1 amide bonds. The average Bonchev–Trinajstić information content (AvgIpc) is 3.31. The van der Waals surface area contributed by atoms with Crippen molar-refractivity contribution >= 4 is 39.9 Å². The van der Waals surface area contributed by atoms with E-state index in [-0.39, 0.29) is 5.91 Å². The topological polar surface area (TPSA) is 69.0 Å². The van der Waals surface area contributed by atoms with E-state index in [9.17, 15) is 4.79 Å². The number of hydrogen-bond donors (Lipinski definition) is 1. The molecule has 0 bridgehead atoms. The molecule has 3 heterocycles. The van der Waals surface area contributed by atoms with E-state index in [0.29, 0.717) is 32.7 Å². The van der Waals surface area contributed by atoms with Gasteiger partial charge in [-0.05, 0) is 37.4 Å². The fourth-order valence-electron chi connectivity index (χ4n) is 2.69. The molecule has 4 aromatic rings. The Morgan fingerprint density at radius 2 is 2.14 bits per heavy atom. The van der Waals surface area contributed by atoms with Crippen LogP contribution in [0.2, 0.25) is 5.02 Å². The van der Waals surface area contributed by atoms with Crippen molar-refractivity contribution in [2.45, 2.75) is 6.92 Å². The standard InChI is InChI=1S/C20H15ClN4O2S/c1-3-22-20(26)18-9-14(11-28-18)25-19-13(10-23-25)8-17(12(2)24-19)27-16-7-5-4-6-15(16)21/h3-11H,1H2,2H3,(H,22,26). The minimum atomic E-state index is -0.206. The van der Waals surface area contributed by atoms with Crippen molar-refractivity contribution in [3.05, 3.63) is 76.3 Å². The Kier molecular flexibility index (Phi) is 4.85. The Morgan fingerprint density at radius 3 is 2.93 bits per heavy atom. The highest BCUT2D eigenvalue weighted by atomic mass is 35.5. The van der Waals surface area contributed by atoms with Gasteiger partial charge in [-0.3, -0.25) is 4.79 Å². The molecule has 0 aliphatic heterocycles.